The maximum absolute atomic E-state index is 3.57. The highest BCUT2D eigenvalue weighted by Crippen LogP contribution is 2.16. The molecule has 2 rings (SSSR count). The first kappa shape index (κ1) is 13.1. The van der Waals surface area contributed by atoms with Crippen LogP contribution >= 0.6 is 11.3 Å². The Morgan fingerprint density at radius 2 is 2.35 bits per heavy atom. The summed E-state index contributed by atoms with van der Waals surface area (Å²) in [6.07, 6.45) is 4.18. The van der Waals surface area contributed by atoms with Crippen molar-refractivity contribution < 1.29 is 0 Å². The number of hydrogen-bond acceptors (Lipinski definition) is 3. The summed E-state index contributed by atoms with van der Waals surface area (Å²) < 4.78 is 0. The molecule has 0 aliphatic carbocycles. The summed E-state index contributed by atoms with van der Waals surface area (Å²) in [5, 5.41) is 5.74. The number of nitrogens with zero attached hydrogens (tertiary/aromatic N) is 1. The number of piperidine rings is 1. The van der Waals surface area contributed by atoms with Gasteiger partial charge in [0.25, 0.3) is 0 Å². The van der Waals surface area contributed by atoms with Crippen molar-refractivity contribution in [2.24, 2.45) is 0 Å². The van der Waals surface area contributed by atoms with Crippen LogP contribution in [-0.2, 0) is 6.54 Å². The van der Waals surface area contributed by atoms with E-state index in [1.165, 1.54) is 42.8 Å². The number of nitrogens with one attached hydrogen (secondary N) is 1. The van der Waals surface area contributed by atoms with Crippen LogP contribution in [0.15, 0.2) is 11.4 Å². The Morgan fingerprint density at radius 1 is 1.47 bits per heavy atom. The van der Waals surface area contributed by atoms with Crippen molar-refractivity contribution in [1.29, 1.82) is 0 Å². The van der Waals surface area contributed by atoms with Crippen molar-refractivity contribution in [3.8, 4) is 0 Å². The molecule has 17 heavy (non-hydrogen) atoms. The molecule has 2 nitrogen and oxygen atoms in total. The Balaban J connectivity index is 1.64. The van der Waals surface area contributed by atoms with E-state index in [4.69, 9.17) is 0 Å². The van der Waals surface area contributed by atoms with Gasteiger partial charge in [0.1, 0.15) is 0 Å². The molecular formula is C14H24N2S. The predicted octanol–water partition coefficient (Wildman–Crippen LogP) is 3.02. The first-order valence-electron chi connectivity index (χ1n) is 6.75. The number of hydrogen-bond donors (Lipinski definition) is 1. The third-order valence-electron chi connectivity index (χ3n) is 3.77. The largest absolute Gasteiger partial charge is 0.311 e. The number of thiophene rings is 1. The third kappa shape index (κ3) is 3.80. The number of aryl methyl sites for hydroxylation is 1. The lowest BCUT2D eigenvalue weighted by molar-refractivity contribution is 0.161. The van der Waals surface area contributed by atoms with E-state index < -0.39 is 0 Å². The highest BCUT2D eigenvalue weighted by atomic mass is 32.1. The van der Waals surface area contributed by atoms with E-state index in [1.807, 2.05) is 11.3 Å². The number of likely N-dealkylation sites (tertiary alicyclic amines) is 1. The van der Waals surface area contributed by atoms with Gasteiger partial charge < -0.3 is 5.32 Å². The average Bonchev–Trinajstić information content (AvgIpc) is 2.73. The normalized spacial score (nSPS) is 21.9. The molecule has 1 N–H and O–H groups in total. The van der Waals surface area contributed by atoms with Crippen LogP contribution in [0.1, 0.15) is 36.6 Å². The van der Waals surface area contributed by atoms with Gasteiger partial charge >= 0.3 is 0 Å². The fourth-order valence-electron chi connectivity index (χ4n) is 2.50. The Hall–Kier alpha value is -0.380. The van der Waals surface area contributed by atoms with Crippen molar-refractivity contribution in [1.82, 2.24) is 10.2 Å². The summed E-state index contributed by atoms with van der Waals surface area (Å²) in [5.74, 6) is 0. The summed E-state index contributed by atoms with van der Waals surface area (Å²) in [6, 6.07) is 2.99. The molecule has 96 valence electrons. The smallest absolute Gasteiger partial charge is 0.0302 e. The van der Waals surface area contributed by atoms with Gasteiger partial charge in [-0.2, -0.15) is 0 Å². The van der Waals surface area contributed by atoms with Crippen LogP contribution < -0.4 is 5.32 Å². The molecule has 1 atom stereocenters. The van der Waals surface area contributed by atoms with Crippen molar-refractivity contribution >= 4 is 11.3 Å². The number of rotatable bonds is 5. The van der Waals surface area contributed by atoms with E-state index in [1.54, 1.807) is 0 Å². The monoisotopic (exact) mass is 252 g/mol. The van der Waals surface area contributed by atoms with Crippen LogP contribution in [0, 0.1) is 6.92 Å². The van der Waals surface area contributed by atoms with Crippen molar-refractivity contribution in [3.63, 3.8) is 0 Å². The van der Waals surface area contributed by atoms with Crippen LogP contribution in [0.4, 0.5) is 0 Å². The first-order chi connectivity index (χ1) is 8.27. The van der Waals surface area contributed by atoms with E-state index in [2.05, 4.69) is 35.5 Å². The maximum Gasteiger partial charge on any atom is 0.0302 e. The highest BCUT2D eigenvalue weighted by Gasteiger charge is 2.16. The van der Waals surface area contributed by atoms with E-state index in [0.717, 1.165) is 19.1 Å². The SMILES string of the molecule is Cc1ccsc1CNCCN1CCCCC1C. The molecule has 0 aromatic carbocycles. The molecule has 0 amide bonds. The lowest BCUT2D eigenvalue weighted by atomic mass is 10.0. The Kier molecular flexibility index (Phi) is 5.01. The van der Waals surface area contributed by atoms with E-state index in [-0.39, 0.29) is 0 Å². The standard InChI is InChI=1S/C14H24N2S/c1-12-6-10-17-14(12)11-15-7-9-16-8-4-3-5-13(16)2/h6,10,13,15H,3-5,7-9,11H2,1-2H3. The highest BCUT2D eigenvalue weighted by molar-refractivity contribution is 7.10. The summed E-state index contributed by atoms with van der Waals surface area (Å²) >= 11 is 1.86. The van der Waals surface area contributed by atoms with Crippen molar-refractivity contribution in [2.45, 2.75) is 45.7 Å². The van der Waals surface area contributed by atoms with Gasteiger partial charge in [-0.15, -0.1) is 11.3 Å². The van der Waals surface area contributed by atoms with Crippen LogP contribution in [0.5, 0.6) is 0 Å². The second-order valence-electron chi connectivity index (χ2n) is 5.08. The van der Waals surface area contributed by atoms with Gasteiger partial charge in [0.2, 0.25) is 0 Å². The summed E-state index contributed by atoms with van der Waals surface area (Å²) in [5.41, 5.74) is 1.42. The second-order valence-corrected chi connectivity index (χ2v) is 6.09. The fraction of sp³-hybridized carbons (Fsp3) is 0.714. The lowest BCUT2D eigenvalue weighted by Gasteiger charge is -2.33. The van der Waals surface area contributed by atoms with Gasteiger partial charge in [-0.3, -0.25) is 4.90 Å². The van der Waals surface area contributed by atoms with Gasteiger partial charge in [-0.05, 0) is 50.2 Å². The van der Waals surface area contributed by atoms with Gasteiger partial charge in [0.15, 0.2) is 0 Å². The Morgan fingerprint density at radius 3 is 3.06 bits per heavy atom. The van der Waals surface area contributed by atoms with E-state index in [9.17, 15) is 0 Å². The molecule has 0 radical (unpaired) electrons. The molecule has 1 aliphatic rings. The predicted molar refractivity (Wildman–Crippen MR) is 75.6 cm³/mol. The van der Waals surface area contributed by atoms with Crippen molar-refractivity contribution in [2.75, 3.05) is 19.6 Å². The van der Waals surface area contributed by atoms with Gasteiger partial charge in [0.05, 0.1) is 0 Å². The average molecular weight is 252 g/mol. The zero-order valence-corrected chi connectivity index (χ0v) is 11.9. The summed E-state index contributed by atoms with van der Waals surface area (Å²) in [7, 11) is 0. The molecule has 0 bridgehead atoms. The minimum atomic E-state index is 0.786. The van der Waals surface area contributed by atoms with Crippen molar-refractivity contribution in [3.05, 3.63) is 21.9 Å². The van der Waals surface area contributed by atoms with Crippen LogP contribution in [0.25, 0.3) is 0 Å². The van der Waals surface area contributed by atoms with Gasteiger partial charge in [-0.1, -0.05) is 6.42 Å². The van der Waals surface area contributed by atoms with E-state index in [0.29, 0.717) is 0 Å². The first-order valence-corrected chi connectivity index (χ1v) is 7.63. The molecule has 1 aliphatic heterocycles. The third-order valence-corrected chi connectivity index (χ3v) is 4.79. The topological polar surface area (TPSA) is 15.3 Å². The zero-order valence-electron chi connectivity index (χ0n) is 11.0. The Labute approximate surface area is 109 Å². The van der Waals surface area contributed by atoms with Crippen LogP contribution in [0.2, 0.25) is 0 Å². The quantitative estimate of drug-likeness (QED) is 0.810. The molecule has 1 aromatic heterocycles. The summed E-state index contributed by atoms with van der Waals surface area (Å²) in [6.45, 7) is 9.20. The molecule has 1 saturated heterocycles. The minimum Gasteiger partial charge on any atom is -0.311 e. The molecule has 1 aromatic rings. The van der Waals surface area contributed by atoms with E-state index >= 15 is 0 Å². The molecule has 1 unspecified atom stereocenters. The van der Waals surface area contributed by atoms with Gasteiger partial charge in [-0.25, -0.2) is 0 Å². The molecular weight excluding hydrogens is 228 g/mol. The minimum absolute atomic E-state index is 0.786. The Bertz CT molecular complexity index is 335. The molecule has 0 spiro atoms. The fourth-order valence-corrected chi connectivity index (χ4v) is 3.38. The zero-order chi connectivity index (χ0) is 12.1. The summed E-state index contributed by atoms with van der Waals surface area (Å²) in [4.78, 5) is 4.11. The van der Waals surface area contributed by atoms with Crippen LogP contribution in [0.3, 0.4) is 0 Å². The molecule has 3 heteroatoms. The second kappa shape index (κ2) is 6.53. The molecule has 1 fully saturated rings. The molecule has 2 heterocycles. The maximum atomic E-state index is 3.57. The molecule has 0 saturated carbocycles. The lowest BCUT2D eigenvalue weighted by Crippen LogP contribution is -2.41. The van der Waals surface area contributed by atoms with Crippen LogP contribution in [-0.4, -0.2) is 30.6 Å². The van der Waals surface area contributed by atoms with Gasteiger partial charge in [0, 0.05) is 30.6 Å².